The largest absolute Gasteiger partial charge is 0.471 e. The van der Waals surface area contributed by atoms with Gasteiger partial charge < -0.3 is 19.6 Å². The van der Waals surface area contributed by atoms with Gasteiger partial charge in [0.05, 0.1) is 11.0 Å². The quantitative estimate of drug-likeness (QED) is 0.273. The number of nitrogens with zero attached hydrogens (tertiary/aromatic N) is 5. The smallest absolute Gasteiger partial charge is 0.331 e. The Kier molecular flexibility index (Phi) is 11.5. The van der Waals surface area contributed by atoms with Crippen molar-refractivity contribution in [3.8, 4) is 0 Å². The summed E-state index contributed by atoms with van der Waals surface area (Å²) in [7, 11) is 0. The van der Waals surface area contributed by atoms with Crippen LogP contribution in [0.2, 0.25) is 0 Å². The minimum Gasteiger partial charge on any atom is -0.331 e. The number of nitro benzene ring substituents is 1. The van der Waals surface area contributed by atoms with Crippen LogP contribution in [-0.4, -0.2) is 125 Å². The molecular weight excluding hydrogens is 670 g/mol. The summed E-state index contributed by atoms with van der Waals surface area (Å²) in [6.45, 7) is -10.3. The van der Waals surface area contributed by atoms with Gasteiger partial charge in [0.1, 0.15) is 0 Å². The molecule has 4 amide bonds. The lowest BCUT2D eigenvalue weighted by Crippen LogP contribution is -2.59. The minimum absolute atomic E-state index is 0.195. The number of nitro groups is 1. The van der Waals surface area contributed by atoms with Gasteiger partial charge in [-0.05, 0) is 12.0 Å². The number of rotatable bonds is 3. The van der Waals surface area contributed by atoms with Gasteiger partial charge in [0.15, 0.2) is 0 Å². The van der Waals surface area contributed by atoms with Crippen molar-refractivity contribution in [2.45, 2.75) is 37.2 Å². The van der Waals surface area contributed by atoms with Gasteiger partial charge in [-0.2, -0.15) is 52.7 Å². The predicted molar refractivity (Wildman–Crippen MR) is 126 cm³/mol. The molecule has 1 aromatic carbocycles. The van der Waals surface area contributed by atoms with Gasteiger partial charge >= 0.3 is 48.3 Å². The van der Waals surface area contributed by atoms with Crippen LogP contribution in [0.3, 0.4) is 0 Å². The number of carbonyl (C=O) groups is 4. The average molecular weight is 691 g/mol. The Morgan fingerprint density at radius 2 is 0.957 bits per heavy atom. The molecule has 0 bridgehead atoms. The first-order valence-electron chi connectivity index (χ1n) is 12.5. The fourth-order valence-electron chi connectivity index (χ4n) is 4.32. The lowest BCUT2D eigenvalue weighted by atomic mass is 10.0. The van der Waals surface area contributed by atoms with E-state index >= 15 is 0 Å². The molecule has 0 spiro atoms. The molecule has 0 saturated carbocycles. The second-order valence-electron chi connectivity index (χ2n) is 9.61. The van der Waals surface area contributed by atoms with E-state index in [0.29, 0.717) is 0 Å². The minimum atomic E-state index is -5.82. The van der Waals surface area contributed by atoms with Gasteiger partial charge in [-0.3, -0.25) is 29.3 Å². The Balaban J connectivity index is 2.73. The van der Waals surface area contributed by atoms with Gasteiger partial charge in [-0.25, -0.2) is 0 Å². The molecule has 11 nitrogen and oxygen atoms in total. The first-order valence-corrected chi connectivity index (χ1v) is 12.5. The van der Waals surface area contributed by atoms with E-state index < -0.39 is 117 Å². The Morgan fingerprint density at radius 3 is 1.33 bits per heavy atom. The van der Waals surface area contributed by atoms with Crippen molar-refractivity contribution in [3.63, 3.8) is 0 Å². The summed E-state index contributed by atoms with van der Waals surface area (Å²) in [6, 6.07) is 1.21. The van der Waals surface area contributed by atoms with Gasteiger partial charge in [0, 0.05) is 57.9 Å². The first kappa shape index (κ1) is 37.8. The standard InChI is InChI=1S/C23H21F12N5O6/c24-20(25,26)16(41)36-5-6-37(17(42)21(27,28)29)9-10-39(19(44)23(33,34)35)15(11-13-1-3-14(4-2-13)40(45)46)12-38(8-7-36)18(43)22(30,31)32/h1-4,15H,5-12H2. The summed E-state index contributed by atoms with van der Waals surface area (Å²) in [4.78, 5) is 57.6. The molecule has 1 aliphatic rings. The maximum atomic E-state index is 13.7. The summed E-state index contributed by atoms with van der Waals surface area (Å²) in [5.41, 5.74) is -0.755. The van der Waals surface area contributed by atoms with Crippen LogP contribution in [0.4, 0.5) is 58.4 Å². The van der Waals surface area contributed by atoms with Crippen molar-refractivity contribution in [1.29, 1.82) is 0 Å². The molecule has 23 heteroatoms. The zero-order valence-electron chi connectivity index (χ0n) is 22.8. The molecule has 1 atom stereocenters. The van der Waals surface area contributed by atoms with E-state index in [9.17, 15) is 82.0 Å². The second kappa shape index (κ2) is 14.0. The zero-order valence-corrected chi connectivity index (χ0v) is 22.8. The van der Waals surface area contributed by atoms with Crippen LogP contribution >= 0.6 is 0 Å². The molecule has 46 heavy (non-hydrogen) atoms. The number of hydrogen-bond donors (Lipinski definition) is 0. The highest BCUT2D eigenvalue weighted by atomic mass is 19.4. The number of benzene rings is 1. The van der Waals surface area contributed by atoms with Gasteiger partial charge in [0.25, 0.3) is 5.69 Å². The van der Waals surface area contributed by atoms with Crippen LogP contribution in [0, 0.1) is 10.1 Å². The third kappa shape index (κ3) is 10.1. The summed E-state index contributed by atoms with van der Waals surface area (Å²) >= 11 is 0. The Morgan fingerprint density at radius 1 is 0.609 bits per heavy atom. The van der Waals surface area contributed by atoms with Crippen molar-refractivity contribution in [2.24, 2.45) is 0 Å². The number of alkyl halides is 12. The summed E-state index contributed by atoms with van der Waals surface area (Å²) in [6.07, 6.45) is -24.0. The van der Waals surface area contributed by atoms with E-state index in [-0.39, 0.29) is 25.2 Å². The Hall–Kier alpha value is -4.34. The molecule has 258 valence electrons. The van der Waals surface area contributed by atoms with Crippen LogP contribution in [-0.2, 0) is 25.6 Å². The van der Waals surface area contributed by atoms with Crippen molar-refractivity contribution in [2.75, 3.05) is 45.8 Å². The first-order chi connectivity index (χ1) is 20.8. The summed E-state index contributed by atoms with van der Waals surface area (Å²) < 4.78 is 161. The monoisotopic (exact) mass is 691 g/mol. The molecule has 0 N–H and O–H groups in total. The Labute approximate surface area is 249 Å². The second-order valence-corrected chi connectivity index (χ2v) is 9.61. The summed E-state index contributed by atoms with van der Waals surface area (Å²) in [5, 5.41) is 10.9. The van der Waals surface area contributed by atoms with Crippen molar-refractivity contribution < 1.29 is 76.8 Å². The third-order valence-electron chi connectivity index (χ3n) is 6.47. The molecular formula is C23H21F12N5O6. The van der Waals surface area contributed by atoms with Gasteiger partial charge in [-0.1, -0.05) is 12.1 Å². The normalized spacial score (nSPS) is 18.0. The topological polar surface area (TPSA) is 124 Å². The SMILES string of the molecule is O=C(N1CCN(C(=O)C(F)(F)F)CCN(C(=O)C(F)(F)F)C(Cc2ccc([N+](=O)[O-])cc2)CN(C(=O)C(F)(F)F)CC1)C(F)(F)F. The van der Waals surface area contributed by atoms with E-state index in [1.807, 2.05) is 0 Å². The number of carbonyl (C=O) groups excluding carboxylic acids is 4. The summed E-state index contributed by atoms with van der Waals surface area (Å²) in [5.74, 6) is -11.2. The van der Waals surface area contributed by atoms with E-state index in [0.717, 1.165) is 24.3 Å². The Bertz CT molecular complexity index is 1300. The van der Waals surface area contributed by atoms with Crippen LogP contribution in [0.1, 0.15) is 5.56 Å². The molecule has 1 heterocycles. The molecule has 1 aromatic rings. The van der Waals surface area contributed by atoms with E-state index in [4.69, 9.17) is 0 Å². The number of non-ortho nitro benzene ring substituents is 1. The van der Waals surface area contributed by atoms with Crippen molar-refractivity contribution in [1.82, 2.24) is 19.6 Å². The maximum absolute atomic E-state index is 13.7. The zero-order chi connectivity index (χ0) is 35.4. The molecule has 0 aliphatic carbocycles. The predicted octanol–water partition coefficient (Wildman–Crippen LogP) is 3.08. The average Bonchev–Trinajstić information content (AvgIpc) is 2.91. The van der Waals surface area contributed by atoms with Gasteiger partial charge in [0.2, 0.25) is 0 Å². The molecule has 0 aromatic heterocycles. The van der Waals surface area contributed by atoms with Crippen LogP contribution in [0.15, 0.2) is 24.3 Å². The lowest BCUT2D eigenvalue weighted by Gasteiger charge is -2.39. The highest BCUT2D eigenvalue weighted by Gasteiger charge is 2.49. The molecule has 1 aliphatic heterocycles. The van der Waals surface area contributed by atoms with Gasteiger partial charge in [-0.15, -0.1) is 0 Å². The van der Waals surface area contributed by atoms with E-state index in [1.165, 1.54) is 0 Å². The van der Waals surface area contributed by atoms with Crippen LogP contribution in [0.5, 0.6) is 0 Å². The highest BCUT2D eigenvalue weighted by molar-refractivity contribution is 5.85. The maximum Gasteiger partial charge on any atom is 0.471 e. The number of hydrogen-bond acceptors (Lipinski definition) is 6. The van der Waals surface area contributed by atoms with Crippen LogP contribution < -0.4 is 0 Å². The number of amides is 4. The van der Waals surface area contributed by atoms with E-state index in [1.54, 1.807) is 0 Å². The fourth-order valence-corrected chi connectivity index (χ4v) is 4.32. The lowest BCUT2D eigenvalue weighted by molar-refractivity contribution is -0.384. The van der Waals surface area contributed by atoms with Crippen molar-refractivity contribution >= 4 is 29.3 Å². The molecule has 0 radical (unpaired) electrons. The van der Waals surface area contributed by atoms with Crippen molar-refractivity contribution in [3.05, 3.63) is 39.9 Å². The molecule has 1 saturated heterocycles. The molecule has 1 unspecified atom stereocenters. The number of halogens is 12. The molecule has 1 fully saturated rings. The van der Waals surface area contributed by atoms with Crippen LogP contribution in [0.25, 0.3) is 0 Å². The third-order valence-corrected chi connectivity index (χ3v) is 6.47. The highest BCUT2D eigenvalue weighted by Crippen LogP contribution is 2.27. The fraction of sp³-hybridized carbons (Fsp3) is 0.565. The molecule has 2 rings (SSSR count). The van der Waals surface area contributed by atoms with E-state index in [2.05, 4.69) is 0 Å².